The molecular weight excluding hydrogens is 434 g/mol. The average Bonchev–Trinajstić information content (AvgIpc) is 3.21. The molecule has 4 rings (SSSR count). The van der Waals surface area contributed by atoms with Gasteiger partial charge in [-0.1, -0.05) is 31.0 Å². The summed E-state index contributed by atoms with van der Waals surface area (Å²) in [6, 6.07) is 21.0. The molecule has 0 radical (unpaired) electrons. The van der Waals surface area contributed by atoms with Crippen LogP contribution in [0, 0.1) is 0 Å². The minimum absolute atomic E-state index is 0.294. The Hall–Kier alpha value is -3.57. The zero-order chi connectivity index (χ0) is 23.2. The second-order valence-electron chi connectivity index (χ2n) is 7.83. The van der Waals surface area contributed by atoms with Gasteiger partial charge in [0.05, 0.1) is 19.0 Å². The summed E-state index contributed by atoms with van der Waals surface area (Å²) in [5.74, 6) is 0.500. The maximum atomic E-state index is 12.5. The van der Waals surface area contributed by atoms with Crippen molar-refractivity contribution >= 4 is 34.6 Å². The highest BCUT2D eigenvalue weighted by Gasteiger charge is 2.13. The van der Waals surface area contributed by atoms with Crippen molar-refractivity contribution in [2.24, 2.45) is 5.10 Å². The van der Waals surface area contributed by atoms with E-state index in [0.29, 0.717) is 10.6 Å². The summed E-state index contributed by atoms with van der Waals surface area (Å²) in [5.41, 5.74) is 8.28. The number of aromatic nitrogens is 1. The molecule has 5 nitrogen and oxygen atoms in total. The number of ether oxygens (including phenoxy) is 1. The van der Waals surface area contributed by atoms with Crippen molar-refractivity contribution in [3.63, 3.8) is 0 Å². The smallest absolute Gasteiger partial charge is 0.271 e. The van der Waals surface area contributed by atoms with Crippen molar-refractivity contribution in [2.75, 3.05) is 7.11 Å². The van der Waals surface area contributed by atoms with E-state index in [0.717, 1.165) is 52.7 Å². The third kappa shape index (κ3) is 5.26. The molecule has 33 heavy (non-hydrogen) atoms. The second kappa shape index (κ2) is 10.4. The van der Waals surface area contributed by atoms with Gasteiger partial charge in [0.25, 0.3) is 5.91 Å². The largest absolute Gasteiger partial charge is 0.497 e. The third-order valence-corrected chi connectivity index (χ3v) is 5.82. The molecule has 0 saturated heterocycles. The molecule has 2 N–H and O–H groups in total. The summed E-state index contributed by atoms with van der Waals surface area (Å²) in [4.78, 5) is 16.0. The number of hydrazone groups is 1. The van der Waals surface area contributed by atoms with Crippen LogP contribution >= 0.6 is 11.6 Å². The Morgan fingerprint density at radius 2 is 1.85 bits per heavy atom. The van der Waals surface area contributed by atoms with Crippen LogP contribution in [0.1, 0.15) is 41.3 Å². The Morgan fingerprint density at radius 3 is 2.55 bits per heavy atom. The summed E-state index contributed by atoms with van der Waals surface area (Å²) in [6.45, 7) is 2.19. The number of nitrogens with one attached hydrogen (secondary N) is 2. The van der Waals surface area contributed by atoms with Crippen molar-refractivity contribution < 1.29 is 9.53 Å². The molecule has 0 aliphatic carbocycles. The van der Waals surface area contributed by atoms with E-state index in [2.05, 4.69) is 40.6 Å². The number of nitrogens with zero attached hydrogens (tertiary/aromatic N) is 1. The first kappa shape index (κ1) is 22.6. The zero-order valence-corrected chi connectivity index (χ0v) is 19.4. The Kier molecular flexibility index (Phi) is 7.10. The number of rotatable bonds is 8. The lowest BCUT2D eigenvalue weighted by Crippen LogP contribution is -2.17. The lowest BCUT2D eigenvalue weighted by Gasteiger charge is -2.04. The summed E-state index contributed by atoms with van der Waals surface area (Å²) >= 11 is 5.91. The number of methoxy groups -OCH3 is 1. The molecular formula is C27H26ClN3O2. The van der Waals surface area contributed by atoms with Gasteiger partial charge in [-0.15, -0.1) is 0 Å². The van der Waals surface area contributed by atoms with Gasteiger partial charge < -0.3 is 9.72 Å². The third-order valence-electron chi connectivity index (χ3n) is 5.57. The first-order chi connectivity index (χ1) is 16.1. The predicted molar refractivity (Wildman–Crippen MR) is 135 cm³/mol. The maximum absolute atomic E-state index is 12.5. The van der Waals surface area contributed by atoms with Crippen molar-refractivity contribution in [1.82, 2.24) is 10.4 Å². The van der Waals surface area contributed by atoms with Crippen molar-refractivity contribution in [3.8, 4) is 17.0 Å². The zero-order valence-electron chi connectivity index (χ0n) is 18.7. The number of unbranched alkanes of at least 4 members (excludes halogenated alkanes) is 1. The van der Waals surface area contributed by atoms with Crippen LogP contribution in [0.2, 0.25) is 5.02 Å². The van der Waals surface area contributed by atoms with E-state index in [1.807, 2.05) is 24.3 Å². The molecule has 1 amide bonds. The Bertz CT molecular complexity index is 1280. The van der Waals surface area contributed by atoms with Gasteiger partial charge in [-0.3, -0.25) is 4.79 Å². The van der Waals surface area contributed by atoms with E-state index in [1.165, 1.54) is 5.56 Å². The van der Waals surface area contributed by atoms with E-state index in [1.54, 1.807) is 37.6 Å². The average molecular weight is 460 g/mol. The number of halogens is 1. The molecule has 0 saturated carbocycles. The van der Waals surface area contributed by atoms with Gasteiger partial charge in [0.2, 0.25) is 0 Å². The minimum atomic E-state index is -0.294. The number of carbonyl (C=O) groups excluding carboxylic acids is 1. The van der Waals surface area contributed by atoms with Crippen LogP contribution in [0.3, 0.4) is 0 Å². The number of benzene rings is 3. The topological polar surface area (TPSA) is 66.5 Å². The number of aromatic amines is 1. The monoisotopic (exact) mass is 459 g/mol. The van der Waals surface area contributed by atoms with Crippen LogP contribution in [0.15, 0.2) is 71.8 Å². The molecule has 0 unspecified atom stereocenters. The van der Waals surface area contributed by atoms with Crippen molar-refractivity contribution in [1.29, 1.82) is 0 Å². The fourth-order valence-corrected chi connectivity index (χ4v) is 3.86. The summed E-state index contributed by atoms with van der Waals surface area (Å²) in [7, 11) is 1.65. The molecule has 4 aromatic rings. The molecule has 0 aliphatic heterocycles. The molecule has 0 fully saturated rings. The van der Waals surface area contributed by atoms with E-state index in [9.17, 15) is 4.79 Å². The van der Waals surface area contributed by atoms with Gasteiger partial charge in [0.1, 0.15) is 5.75 Å². The van der Waals surface area contributed by atoms with E-state index >= 15 is 0 Å². The van der Waals surface area contributed by atoms with Crippen LogP contribution in [0.25, 0.3) is 22.2 Å². The lowest BCUT2D eigenvalue weighted by atomic mass is 10.0. The minimum Gasteiger partial charge on any atom is -0.497 e. The number of H-pyrrole nitrogens is 1. The lowest BCUT2D eigenvalue weighted by molar-refractivity contribution is 0.0955. The van der Waals surface area contributed by atoms with E-state index < -0.39 is 0 Å². The van der Waals surface area contributed by atoms with E-state index in [-0.39, 0.29) is 5.91 Å². The Balaban J connectivity index is 1.69. The number of fused-ring (bicyclic) bond motifs is 1. The first-order valence-corrected chi connectivity index (χ1v) is 11.3. The van der Waals surface area contributed by atoms with Crippen LogP contribution < -0.4 is 10.2 Å². The van der Waals surface area contributed by atoms with Gasteiger partial charge in [-0.2, -0.15) is 5.10 Å². The van der Waals surface area contributed by atoms with Gasteiger partial charge in [0.15, 0.2) is 0 Å². The quantitative estimate of drug-likeness (QED) is 0.230. The molecule has 0 bridgehead atoms. The fraction of sp³-hybridized carbons (Fsp3) is 0.185. The number of aryl methyl sites for hydroxylation is 1. The molecule has 0 atom stereocenters. The molecule has 1 aromatic heterocycles. The van der Waals surface area contributed by atoms with Crippen molar-refractivity contribution in [2.45, 2.75) is 26.2 Å². The number of carbonyl (C=O) groups is 1. The number of hydrogen-bond acceptors (Lipinski definition) is 3. The molecule has 1 heterocycles. The Labute approximate surface area is 198 Å². The summed E-state index contributed by atoms with van der Waals surface area (Å²) in [6.07, 6.45) is 5.02. The van der Waals surface area contributed by atoms with Crippen LogP contribution in [0.4, 0.5) is 0 Å². The molecule has 3 aromatic carbocycles. The number of hydrogen-bond donors (Lipinski definition) is 2. The van der Waals surface area contributed by atoms with Crippen LogP contribution in [-0.2, 0) is 6.42 Å². The molecule has 6 heteroatoms. The maximum Gasteiger partial charge on any atom is 0.271 e. The standard InChI is InChI=1S/C27H26ClN3O2/c1-3-4-5-18-6-15-25-23(16-18)24(26(30-25)19-9-13-22(33-2)14-10-19)17-29-31-27(32)20-7-11-21(28)12-8-20/h6-17,30H,3-5H2,1-2H3,(H,31,32)/b29-17+. The summed E-state index contributed by atoms with van der Waals surface area (Å²) in [5, 5.41) is 5.92. The summed E-state index contributed by atoms with van der Waals surface area (Å²) < 4.78 is 5.30. The fourth-order valence-electron chi connectivity index (χ4n) is 3.74. The molecule has 0 spiro atoms. The highest BCUT2D eigenvalue weighted by molar-refractivity contribution is 6.30. The van der Waals surface area contributed by atoms with Crippen molar-refractivity contribution in [3.05, 3.63) is 88.4 Å². The van der Waals surface area contributed by atoms with Gasteiger partial charge in [-0.05, 0) is 84.6 Å². The molecule has 168 valence electrons. The number of amides is 1. The first-order valence-electron chi connectivity index (χ1n) is 11.0. The van der Waals surface area contributed by atoms with Crippen LogP contribution in [-0.4, -0.2) is 24.2 Å². The SMILES string of the molecule is CCCCc1ccc2[nH]c(-c3ccc(OC)cc3)c(/C=N/NC(=O)c3ccc(Cl)cc3)c2c1. The van der Waals surface area contributed by atoms with Gasteiger partial charge in [0, 0.05) is 27.1 Å². The second-order valence-corrected chi connectivity index (χ2v) is 8.27. The van der Waals surface area contributed by atoms with Gasteiger partial charge >= 0.3 is 0 Å². The van der Waals surface area contributed by atoms with Gasteiger partial charge in [-0.25, -0.2) is 5.43 Å². The highest BCUT2D eigenvalue weighted by Crippen LogP contribution is 2.31. The Morgan fingerprint density at radius 1 is 1.09 bits per heavy atom. The highest BCUT2D eigenvalue weighted by atomic mass is 35.5. The molecule has 0 aliphatic rings. The predicted octanol–water partition coefficient (Wildman–Crippen LogP) is 6.60. The van der Waals surface area contributed by atoms with Crippen LogP contribution in [0.5, 0.6) is 5.75 Å². The van der Waals surface area contributed by atoms with E-state index in [4.69, 9.17) is 16.3 Å². The normalized spacial score (nSPS) is 11.2.